The molecule has 0 saturated heterocycles. The van der Waals surface area contributed by atoms with Crippen LogP contribution < -0.4 is 15.5 Å². The van der Waals surface area contributed by atoms with Gasteiger partial charge in [0.2, 0.25) is 5.91 Å². The molecule has 1 aliphatic rings. The van der Waals surface area contributed by atoms with E-state index in [1.807, 2.05) is 32.7 Å². The summed E-state index contributed by atoms with van der Waals surface area (Å²) in [4.78, 5) is 27.4. The number of fused-ring (bicyclic) bond motifs is 1. The predicted octanol–water partition coefficient (Wildman–Crippen LogP) is 2.93. The zero-order valence-corrected chi connectivity index (χ0v) is 17.8. The zero-order chi connectivity index (χ0) is 22.2. The van der Waals surface area contributed by atoms with Crippen molar-refractivity contribution in [1.29, 1.82) is 0 Å². The molecule has 162 valence electrons. The van der Waals surface area contributed by atoms with Gasteiger partial charge < -0.3 is 15.5 Å². The molecule has 1 aromatic carbocycles. The predicted molar refractivity (Wildman–Crippen MR) is 110 cm³/mol. The van der Waals surface area contributed by atoms with Gasteiger partial charge >= 0.3 is 6.03 Å². The molecule has 0 saturated carbocycles. The highest BCUT2D eigenvalue weighted by molar-refractivity contribution is 5.90. The van der Waals surface area contributed by atoms with Crippen molar-refractivity contribution in [1.82, 2.24) is 20.4 Å². The Morgan fingerprint density at radius 2 is 1.90 bits per heavy atom. The Labute approximate surface area is 174 Å². The van der Waals surface area contributed by atoms with Crippen molar-refractivity contribution >= 4 is 17.6 Å². The van der Waals surface area contributed by atoms with Gasteiger partial charge in [-0.3, -0.25) is 4.79 Å². The van der Waals surface area contributed by atoms with E-state index >= 15 is 0 Å². The fourth-order valence-corrected chi connectivity index (χ4v) is 3.68. The maximum atomic E-state index is 13.8. The average Bonchev–Trinajstić information content (AvgIpc) is 3.07. The molecule has 30 heavy (non-hydrogen) atoms. The molecular weight excluding hydrogens is 392 g/mol. The number of anilines is 1. The van der Waals surface area contributed by atoms with Crippen LogP contribution in [0.4, 0.5) is 19.3 Å². The topological polar surface area (TPSA) is 79.3 Å². The molecule has 1 aliphatic heterocycles. The van der Waals surface area contributed by atoms with Gasteiger partial charge in [0.25, 0.3) is 0 Å². The number of nitrogens with one attached hydrogen (secondary N) is 2. The van der Waals surface area contributed by atoms with Gasteiger partial charge in [-0.15, -0.1) is 0 Å². The Hall–Kier alpha value is -2.97. The number of carbonyl (C=O) groups is 2. The van der Waals surface area contributed by atoms with Gasteiger partial charge in [0.15, 0.2) is 11.6 Å². The van der Waals surface area contributed by atoms with E-state index < -0.39 is 29.1 Å². The van der Waals surface area contributed by atoms with Gasteiger partial charge in [0, 0.05) is 26.2 Å². The minimum atomic E-state index is -0.980. The summed E-state index contributed by atoms with van der Waals surface area (Å²) in [7, 11) is 3.38. The zero-order valence-electron chi connectivity index (χ0n) is 17.8. The third-order valence-electron chi connectivity index (χ3n) is 5.27. The number of aromatic nitrogens is 2. The van der Waals surface area contributed by atoms with Crippen molar-refractivity contribution in [3.63, 3.8) is 0 Å². The van der Waals surface area contributed by atoms with Crippen LogP contribution in [-0.2, 0) is 11.2 Å². The van der Waals surface area contributed by atoms with E-state index in [2.05, 4.69) is 15.7 Å². The molecule has 2 aromatic rings. The molecule has 2 amide bonds. The van der Waals surface area contributed by atoms with Crippen LogP contribution in [0.2, 0.25) is 0 Å². The number of amides is 2. The Bertz CT molecular complexity index is 981. The third-order valence-corrected chi connectivity index (χ3v) is 5.27. The Morgan fingerprint density at radius 3 is 2.50 bits per heavy atom. The molecule has 0 fully saturated rings. The molecule has 0 aliphatic carbocycles. The van der Waals surface area contributed by atoms with E-state index in [9.17, 15) is 18.4 Å². The van der Waals surface area contributed by atoms with Crippen molar-refractivity contribution in [2.75, 3.05) is 25.5 Å². The van der Waals surface area contributed by atoms with E-state index in [1.54, 1.807) is 0 Å². The highest BCUT2D eigenvalue weighted by atomic mass is 19.2. The number of benzene rings is 1. The molecule has 2 heterocycles. The summed E-state index contributed by atoms with van der Waals surface area (Å²) in [5.41, 5.74) is 1.63. The van der Waals surface area contributed by atoms with Gasteiger partial charge in [0.05, 0.1) is 11.4 Å². The van der Waals surface area contributed by atoms with Crippen LogP contribution in [0.1, 0.15) is 32.9 Å². The summed E-state index contributed by atoms with van der Waals surface area (Å²) >= 11 is 0. The van der Waals surface area contributed by atoms with Gasteiger partial charge in [0.1, 0.15) is 11.7 Å². The second-order valence-electron chi connectivity index (χ2n) is 8.57. The van der Waals surface area contributed by atoms with Crippen LogP contribution in [0.25, 0.3) is 11.3 Å². The van der Waals surface area contributed by atoms with E-state index in [1.165, 1.54) is 17.8 Å². The first-order valence-corrected chi connectivity index (χ1v) is 9.85. The summed E-state index contributed by atoms with van der Waals surface area (Å²) in [6.07, 6.45) is 1.42. The quantitative estimate of drug-likeness (QED) is 0.802. The molecule has 0 spiro atoms. The number of hydrogen-bond acceptors (Lipinski definition) is 4. The Kier molecular flexibility index (Phi) is 5.83. The van der Waals surface area contributed by atoms with Crippen LogP contribution in [0.3, 0.4) is 0 Å². The second-order valence-corrected chi connectivity index (χ2v) is 8.57. The standard InChI is InChI=1S/C21H27F2N5O2/c1-21(2,3)18(19(29)24-4)25-20(30)28-15-7-6-10-27(5)17(15)16(26-28)12-8-9-13(22)14(23)11-12/h8-9,11,18H,6-7,10H2,1-5H3,(H,24,29)(H,25,30). The number of likely N-dealkylation sites (N-methyl/N-ethyl adjacent to an activating group) is 1. The normalized spacial score (nSPS) is 14.8. The first kappa shape index (κ1) is 21.7. The maximum Gasteiger partial charge on any atom is 0.343 e. The van der Waals surface area contributed by atoms with E-state index in [-0.39, 0.29) is 5.91 Å². The molecular formula is C21H27F2N5O2. The largest absolute Gasteiger partial charge is 0.371 e. The highest BCUT2D eigenvalue weighted by Gasteiger charge is 2.34. The molecule has 9 heteroatoms. The summed E-state index contributed by atoms with van der Waals surface area (Å²) < 4.78 is 28.5. The summed E-state index contributed by atoms with van der Waals surface area (Å²) in [5.74, 6) is -2.24. The molecule has 3 rings (SSSR count). The summed E-state index contributed by atoms with van der Waals surface area (Å²) in [5, 5.41) is 9.79. The van der Waals surface area contributed by atoms with E-state index in [4.69, 9.17) is 0 Å². The van der Waals surface area contributed by atoms with Crippen molar-refractivity contribution in [3.05, 3.63) is 35.5 Å². The lowest BCUT2D eigenvalue weighted by molar-refractivity contribution is -0.124. The lowest BCUT2D eigenvalue weighted by atomic mass is 9.86. The molecule has 1 aromatic heterocycles. The Morgan fingerprint density at radius 1 is 1.20 bits per heavy atom. The fraction of sp³-hybridized carbons (Fsp3) is 0.476. The van der Waals surface area contributed by atoms with Crippen LogP contribution in [0.15, 0.2) is 18.2 Å². The van der Waals surface area contributed by atoms with E-state index in [0.29, 0.717) is 29.1 Å². The lowest BCUT2D eigenvalue weighted by Gasteiger charge is -2.30. The number of halogens is 2. The first-order valence-electron chi connectivity index (χ1n) is 9.85. The smallest absolute Gasteiger partial charge is 0.343 e. The van der Waals surface area contributed by atoms with Crippen LogP contribution in [-0.4, -0.2) is 48.4 Å². The molecule has 1 atom stereocenters. The fourth-order valence-electron chi connectivity index (χ4n) is 3.68. The van der Waals surface area contributed by atoms with Crippen molar-refractivity contribution in [3.8, 4) is 11.3 Å². The maximum absolute atomic E-state index is 13.8. The molecule has 0 bridgehead atoms. The number of carbonyl (C=O) groups excluding carboxylic acids is 2. The SMILES string of the molecule is CNC(=O)C(NC(=O)n1nc(-c2ccc(F)c(F)c2)c2c1CCCN2C)C(C)(C)C. The van der Waals surface area contributed by atoms with Gasteiger partial charge in [-0.1, -0.05) is 20.8 Å². The lowest BCUT2D eigenvalue weighted by Crippen LogP contribution is -2.54. The molecule has 1 unspecified atom stereocenters. The van der Waals surface area contributed by atoms with Crippen LogP contribution in [0.5, 0.6) is 0 Å². The first-order chi connectivity index (χ1) is 14.0. The minimum absolute atomic E-state index is 0.310. The summed E-state index contributed by atoms with van der Waals surface area (Å²) in [6.45, 7) is 6.31. The highest BCUT2D eigenvalue weighted by Crippen LogP contribution is 2.37. The molecule has 7 nitrogen and oxygen atoms in total. The van der Waals surface area contributed by atoms with Crippen molar-refractivity contribution < 1.29 is 18.4 Å². The number of rotatable bonds is 3. The molecule has 2 N–H and O–H groups in total. The average molecular weight is 419 g/mol. The Balaban J connectivity index is 2.06. The van der Waals surface area contributed by atoms with Gasteiger partial charge in [-0.05, 0) is 36.5 Å². The van der Waals surface area contributed by atoms with Crippen LogP contribution >= 0.6 is 0 Å². The van der Waals surface area contributed by atoms with Gasteiger partial charge in [-0.2, -0.15) is 9.78 Å². The number of nitrogens with zero attached hydrogens (tertiary/aromatic N) is 3. The second kappa shape index (κ2) is 8.04. The van der Waals surface area contributed by atoms with Crippen molar-refractivity contribution in [2.24, 2.45) is 5.41 Å². The summed E-state index contributed by atoms with van der Waals surface area (Å²) in [6, 6.07) is 2.24. The van der Waals surface area contributed by atoms with Gasteiger partial charge in [-0.25, -0.2) is 13.6 Å². The monoisotopic (exact) mass is 419 g/mol. The van der Waals surface area contributed by atoms with Crippen molar-refractivity contribution in [2.45, 2.75) is 39.7 Å². The minimum Gasteiger partial charge on any atom is -0.371 e. The molecule has 0 radical (unpaired) electrons. The van der Waals surface area contributed by atoms with E-state index in [0.717, 1.165) is 25.1 Å². The van der Waals surface area contributed by atoms with Crippen LogP contribution in [0, 0.1) is 17.0 Å². The number of hydrogen-bond donors (Lipinski definition) is 2. The third kappa shape index (κ3) is 4.01.